The summed E-state index contributed by atoms with van der Waals surface area (Å²) in [7, 11) is 0. The van der Waals surface area contributed by atoms with E-state index >= 15 is 0 Å². The van der Waals surface area contributed by atoms with E-state index in [0.29, 0.717) is 29.3 Å². The molecule has 0 radical (unpaired) electrons. The van der Waals surface area contributed by atoms with Crippen molar-refractivity contribution in [3.8, 4) is 0 Å². The first kappa shape index (κ1) is 22.2. The number of nitrogens with one attached hydrogen (secondary N) is 1. The van der Waals surface area contributed by atoms with Gasteiger partial charge in [0.05, 0.1) is 18.1 Å². The van der Waals surface area contributed by atoms with Crippen molar-refractivity contribution in [3.63, 3.8) is 0 Å². The van der Waals surface area contributed by atoms with Crippen molar-refractivity contribution in [1.82, 2.24) is 19.7 Å². The summed E-state index contributed by atoms with van der Waals surface area (Å²) in [6.07, 6.45) is 4.90. The molecular weight excluding hydrogens is 407 g/mol. The van der Waals surface area contributed by atoms with Crippen LogP contribution in [0, 0.1) is 31.5 Å². The highest BCUT2D eigenvalue weighted by molar-refractivity contribution is 5.87. The smallest absolute Gasteiger partial charge is 0.276 e. The van der Waals surface area contributed by atoms with Crippen LogP contribution >= 0.6 is 0 Å². The van der Waals surface area contributed by atoms with Crippen molar-refractivity contribution in [3.05, 3.63) is 63.6 Å². The number of amides is 1. The van der Waals surface area contributed by atoms with Gasteiger partial charge in [-0.1, -0.05) is 44.9 Å². The Morgan fingerprint density at radius 3 is 2.69 bits per heavy atom. The number of fused-ring (bicyclic) bond motifs is 1. The lowest BCUT2D eigenvalue weighted by atomic mass is 9.78. The quantitative estimate of drug-likeness (QED) is 0.656. The van der Waals surface area contributed by atoms with Gasteiger partial charge in [-0.15, -0.1) is 0 Å². The minimum atomic E-state index is -0.296. The number of aromatic nitrogens is 3. The Morgan fingerprint density at radius 1 is 1.19 bits per heavy atom. The number of nitrogens with zero attached hydrogens (tertiary/aromatic N) is 3. The molecule has 1 N–H and O–H groups in total. The molecule has 1 aliphatic rings. The first-order chi connectivity index (χ1) is 15.3. The van der Waals surface area contributed by atoms with Gasteiger partial charge in [-0.2, -0.15) is 5.10 Å². The number of aryl methyl sites for hydroxylation is 2. The molecule has 4 rings (SSSR count). The third kappa shape index (κ3) is 4.08. The zero-order valence-corrected chi connectivity index (χ0v) is 19.2. The summed E-state index contributed by atoms with van der Waals surface area (Å²) in [5.41, 5.74) is 1.86. The van der Waals surface area contributed by atoms with Crippen LogP contribution in [0.3, 0.4) is 0 Å². The molecular formula is C25H31FN4O2. The van der Waals surface area contributed by atoms with Crippen molar-refractivity contribution in [2.24, 2.45) is 11.8 Å². The lowest BCUT2D eigenvalue weighted by molar-refractivity contribution is -0.123. The molecule has 170 valence electrons. The molecule has 0 aliphatic heterocycles. The van der Waals surface area contributed by atoms with Crippen molar-refractivity contribution in [2.75, 3.05) is 0 Å². The second-order valence-electron chi connectivity index (χ2n) is 9.19. The average Bonchev–Trinajstić information content (AvgIpc) is 3.00. The van der Waals surface area contributed by atoms with Gasteiger partial charge in [0.25, 0.3) is 5.56 Å². The predicted molar refractivity (Wildman–Crippen MR) is 123 cm³/mol. The Balaban J connectivity index is 1.60. The zero-order chi connectivity index (χ0) is 23.0. The van der Waals surface area contributed by atoms with Gasteiger partial charge in [0.15, 0.2) is 0 Å². The van der Waals surface area contributed by atoms with E-state index in [1.165, 1.54) is 17.2 Å². The molecule has 0 bridgehead atoms. The Hall–Kier alpha value is -2.96. The Labute approximate surface area is 187 Å². The molecule has 3 atom stereocenters. The lowest BCUT2D eigenvalue weighted by Gasteiger charge is -2.34. The average molecular weight is 439 g/mol. The predicted octanol–water partition coefficient (Wildman–Crippen LogP) is 3.94. The number of hydrogen-bond donors (Lipinski definition) is 1. The fraction of sp³-hybridized carbons (Fsp3) is 0.480. The maximum Gasteiger partial charge on any atom is 0.276 e. The van der Waals surface area contributed by atoms with Crippen LogP contribution in [0.2, 0.25) is 0 Å². The fourth-order valence-electron chi connectivity index (χ4n) is 4.97. The van der Waals surface area contributed by atoms with Gasteiger partial charge in [-0.3, -0.25) is 9.59 Å². The Kier molecular flexibility index (Phi) is 6.17. The molecule has 3 aromatic rings. The SMILES string of the molecule is Cc1c2cnn(CC(=O)N[C@@H]3CCC[C@@H](C)[C@H]3C)c(=O)c2c(C)n1Cc1ccccc1F. The van der Waals surface area contributed by atoms with E-state index < -0.39 is 0 Å². The molecule has 0 unspecified atom stereocenters. The first-order valence-electron chi connectivity index (χ1n) is 11.4. The topological polar surface area (TPSA) is 68.9 Å². The maximum atomic E-state index is 14.2. The third-order valence-corrected chi connectivity index (χ3v) is 7.24. The van der Waals surface area contributed by atoms with Crippen LogP contribution < -0.4 is 10.9 Å². The summed E-state index contributed by atoms with van der Waals surface area (Å²) in [6.45, 7) is 8.38. The van der Waals surface area contributed by atoms with Crippen LogP contribution in [0.25, 0.3) is 10.8 Å². The zero-order valence-electron chi connectivity index (χ0n) is 19.2. The largest absolute Gasteiger partial charge is 0.351 e. The highest BCUT2D eigenvalue weighted by Gasteiger charge is 2.28. The van der Waals surface area contributed by atoms with Gasteiger partial charge in [0, 0.05) is 28.4 Å². The minimum absolute atomic E-state index is 0.108. The fourth-order valence-corrected chi connectivity index (χ4v) is 4.97. The van der Waals surface area contributed by atoms with E-state index in [4.69, 9.17) is 0 Å². The highest BCUT2D eigenvalue weighted by Crippen LogP contribution is 2.29. The van der Waals surface area contributed by atoms with Crippen LogP contribution in [0.4, 0.5) is 4.39 Å². The van der Waals surface area contributed by atoms with Crippen LogP contribution in [0.5, 0.6) is 0 Å². The highest BCUT2D eigenvalue weighted by atomic mass is 19.1. The van der Waals surface area contributed by atoms with Gasteiger partial charge in [0.2, 0.25) is 5.91 Å². The summed E-state index contributed by atoms with van der Waals surface area (Å²) >= 11 is 0. The number of carbonyl (C=O) groups excluding carboxylic acids is 1. The Bertz CT molecular complexity index is 1210. The lowest BCUT2D eigenvalue weighted by Crippen LogP contribution is -2.45. The Morgan fingerprint density at radius 2 is 1.94 bits per heavy atom. The van der Waals surface area contributed by atoms with Crippen LogP contribution in [0.15, 0.2) is 35.3 Å². The van der Waals surface area contributed by atoms with Gasteiger partial charge in [-0.05, 0) is 38.2 Å². The summed E-state index contributed by atoms with van der Waals surface area (Å²) in [5.74, 6) is 0.524. The molecule has 0 saturated heterocycles. The number of hydrogen-bond acceptors (Lipinski definition) is 3. The van der Waals surface area contributed by atoms with Crippen molar-refractivity contribution < 1.29 is 9.18 Å². The van der Waals surface area contributed by atoms with Crippen molar-refractivity contribution >= 4 is 16.7 Å². The molecule has 1 aromatic carbocycles. The number of benzene rings is 1. The van der Waals surface area contributed by atoms with Crippen molar-refractivity contribution in [2.45, 2.75) is 66.1 Å². The third-order valence-electron chi connectivity index (χ3n) is 7.24. The molecule has 1 saturated carbocycles. The molecule has 2 heterocycles. The van der Waals surface area contributed by atoms with E-state index in [1.807, 2.05) is 18.4 Å². The number of rotatable bonds is 5. The standard InChI is InChI=1S/C25H31FN4O2/c1-15-8-7-11-22(16(15)2)28-23(31)14-30-25(32)24-18(4)29(17(3)20(24)12-27-30)13-19-9-5-6-10-21(19)26/h5-6,9-10,12,15-16,22H,7-8,11,13-14H2,1-4H3,(H,28,31)/t15-,16-,22-/m1/s1. The minimum Gasteiger partial charge on any atom is -0.351 e. The summed E-state index contributed by atoms with van der Waals surface area (Å²) in [6, 6.07) is 6.77. The van der Waals surface area contributed by atoms with Gasteiger partial charge in [0.1, 0.15) is 12.4 Å². The summed E-state index contributed by atoms with van der Waals surface area (Å²) in [5, 5.41) is 8.64. The molecule has 0 spiro atoms. The van der Waals surface area contributed by atoms with Crippen LogP contribution in [-0.4, -0.2) is 26.3 Å². The van der Waals surface area contributed by atoms with E-state index in [0.717, 1.165) is 29.6 Å². The summed E-state index contributed by atoms with van der Waals surface area (Å²) in [4.78, 5) is 25.9. The molecule has 7 heteroatoms. The van der Waals surface area contributed by atoms with Gasteiger partial charge < -0.3 is 9.88 Å². The molecule has 2 aromatic heterocycles. The molecule has 1 aliphatic carbocycles. The number of carbonyl (C=O) groups is 1. The maximum absolute atomic E-state index is 14.2. The van der Waals surface area contributed by atoms with E-state index in [2.05, 4.69) is 24.3 Å². The van der Waals surface area contributed by atoms with Gasteiger partial charge >= 0.3 is 0 Å². The molecule has 1 amide bonds. The van der Waals surface area contributed by atoms with Gasteiger partial charge in [-0.25, -0.2) is 9.07 Å². The van der Waals surface area contributed by atoms with Crippen molar-refractivity contribution in [1.29, 1.82) is 0 Å². The molecule has 1 fully saturated rings. The van der Waals surface area contributed by atoms with Crippen LogP contribution in [0.1, 0.15) is 50.1 Å². The molecule has 32 heavy (non-hydrogen) atoms. The molecule has 6 nitrogen and oxygen atoms in total. The van der Waals surface area contributed by atoms with E-state index in [-0.39, 0.29) is 29.9 Å². The monoisotopic (exact) mass is 438 g/mol. The first-order valence-corrected chi connectivity index (χ1v) is 11.4. The van der Waals surface area contributed by atoms with Crippen LogP contribution in [-0.2, 0) is 17.9 Å². The normalized spacial score (nSPS) is 21.1. The summed E-state index contributed by atoms with van der Waals surface area (Å²) < 4.78 is 17.4. The second kappa shape index (κ2) is 8.88. The second-order valence-corrected chi connectivity index (χ2v) is 9.19. The van der Waals surface area contributed by atoms with E-state index in [1.54, 1.807) is 24.4 Å². The van der Waals surface area contributed by atoms with E-state index in [9.17, 15) is 14.0 Å². The number of halogens is 1.